The van der Waals surface area contributed by atoms with E-state index in [2.05, 4.69) is 9.71 Å². The average Bonchev–Trinajstić information content (AvgIpc) is 2.84. The molecule has 0 saturated heterocycles. The number of hydrogen-bond donors (Lipinski definition) is 2. The number of carboxylic acid groups (broad SMARTS) is 1. The van der Waals surface area contributed by atoms with E-state index in [0.29, 0.717) is 6.42 Å². The monoisotopic (exact) mass is 317 g/mol. The molecule has 0 bridgehead atoms. The van der Waals surface area contributed by atoms with Gasteiger partial charge in [-0.2, -0.15) is 0 Å². The molecule has 0 fully saturated rings. The number of carboxylic acids is 1. The van der Waals surface area contributed by atoms with Crippen LogP contribution in [0.25, 0.3) is 0 Å². The van der Waals surface area contributed by atoms with E-state index < -0.39 is 21.9 Å². The summed E-state index contributed by atoms with van der Waals surface area (Å²) in [6.45, 7) is 7.48. The standard InChI is InChI=1S/C13H23N3O4S/c1-9(2)5-11(13(17)18)6-15-21(19,20)12-7-16(8-14-12)10(3)4/h7-11,15H,5-6H2,1-4H3,(H,17,18). The molecule has 1 heterocycles. The van der Waals surface area contributed by atoms with Crippen molar-refractivity contribution in [3.05, 3.63) is 12.5 Å². The Kier molecular flexibility index (Phi) is 5.91. The number of aliphatic carboxylic acids is 1. The molecular weight excluding hydrogens is 294 g/mol. The highest BCUT2D eigenvalue weighted by molar-refractivity contribution is 7.89. The number of carbonyl (C=O) groups is 1. The van der Waals surface area contributed by atoms with Gasteiger partial charge in [0, 0.05) is 18.8 Å². The first-order valence-corrected chi connectivity index (χ1v) is 8.37. The third-order valence-corrected chi connectivity index (χ3v) is 4.38. The molecule has 21 heavy (non-hydrogen) atoms. The number of aromatic nitrogens is 2. The van der Waals surface area contributed by atoms with Crippen LogP contribution in [0, 0.1) is 11.8 Å². The Bertz CT molecular complexity index is 578. The van der Waals surface area contributed by atoms with Gasteiger partial charge < -0.3 is 9.67 Å². The van der Waals surface area contributed by atoms with E-state index in [-0.39, 0.29) is 23.5 Å². The first-order valence-electron chi connectivity index (χ1n) is 6.89. The van der Waals surface area contributed by atoms with Crippen LogP contribution in [0.5, 0.6) is 0 Å². The first-order chi connectivity index (χ1) is 9.63. The lowest BCUT2D eigenvalue weighted by molar-refractivity contribution is -0.142. The summed E-state index contributed by atoms with van der Waals surface area (Å²) in [4.78, 5) is 15.0. The smallest absolute Gasteiger partial charge is 0.307 e. The summed E-state index contributed by atoms with van der Waals surface area (Å²) in [7, 11) is -3.78. The van der Waals surface area contributed by atoms with Crippen LogP contribution in [-0.4, -0.2) is 35.6 Å². The minimum atomic E-state index is -3.78. The molecule has 1 atom stereocenters. The fourth-order valence-electron chi connectivity index (χ4n) is 1.86. The molecule has 0 saturated carbocycles. The van der Waals surface area contributed by atoms with Crippen LogP contribution in [0.2, 0.25) is 0 Å². The van der Waals surface area contributed by atoms with Crippen molar-refractivity contribution in [2.24, 2.45) is 11.8 Å². The van der Waals surface area contributed by atoms with Crippen LogP contribution in [0.15, 0.2) is 17.6 Å². The van der Waals surface area contributed by atoms with Gasteiger partial charge in [0.1, 0.15) is 0 Å². The Hall–Kier alpha value is -1.41. The van der Waals surface area contributed by atoms with E-state index in [1.54, 1.807) is 4.57 Å². The fraction of sp³-hybridized carbons (Fsp3) is 0.692. The number of rotatable bonds is 8. The molecule has 1 unspecified atom stereocenters. The van der Waals surface area contributed by atoms with Gasteiger partial charge in [-0.1, -0.05) is 13.8 Å². The predicted octanol–water partition coefficient (Wildman–Crippen LogP) is 1.49. The SMILES string of the molecule is CC(C)CC(CNS(=O)(=O)c1cn(C(C)C)cn1)C(=O)O. The van der Waals surface area contributed by atoms with Crippen molar-refractivity contribution in [2.75, 3.05) is 6.54 Å². The molecule has 120 valence electrons. The van der Waals surface area contributed by atoms with Crippen molar-refractivity contribution in [2.45, 2.75) is 45.2 Å². The average molecular weight is 317 g/mol. The maximum absolute atomic E-state index is 12.1. The van der Waals surface area contributed by atoms with E-state index in [9.17, 15) is 13.2 Å². The lowest BCUT2D eigenvalue weighted by atomic mass is 9.98. The van der Waals surface area contributed by atoms with Gasteiger partial charge in [-0.3, -0.25) is 4.79 Å². The second kappa shape index (κ2) is 7.04. The first kappa shape index (κ1) is 17.6. The van der Waals surface area contributed by atoms with E-state index in [1.165, 1.54) is 12.5 Å². The minimum absolute atomic E-state index is 0.0927. The lowest BCUT2D eigenvalue weighted by Crippen LogP contribution is -2.33. The maximum atomic E-state index is 12.1. The van der Waals surface area contributed by atoms with Crippen LogP contribution < -0.4 is 4.72 Å². The van der Waals surface area contributed by atoms with E-state index in [4.69, 9.17) is 5.11 Å². The van der Waals surface area contributed by atoms with Crippen LogP contribution >= 0.6 is 0 Å². The zero-order valence-corrected chi connectivity index (χ0v) is 13.6. The summed E-state index contributed by atoms with van der Waals surface area (Å²) in [5.41, 5.74) is 0. The van der Waals surface area contributed by atoms with Gasteiger partial charge in [0.15, 0.2) is 5.03 Å². The summed E-state index contributed by atoms with van der Waals surface area (Å²) < 4.78 is 28.2. The Balaban J connectivity index is 2.77. The Morgan fingerprint density at radius 2 is 2.00 bits per heavy atom. The highest BCUT2D eigenvalue weighted by Crippen LogP contribution is 2.14. The van der Waals surface area contributed by atoms with E-state index >= 15 is 0 Å². The number of hydrogen-bond acceptors (Lipinski definition) is 4. The highest BCUT2D eigenvalue weighted by Gasteiger charge is 2.24. The summed E-state index contributed by atoms with van der Waals surface area (Å²) in [5.74, 6) is -1.57. The molecule has 7 nitrogen and oxygen atoms in total. The molecule has 0 radical (unpaired) electrons. The van der Waals surface area contributed by atoms with Crippen molar-refractivity contribution in [3.8, 4) is 0 Å². The zero-order valence-electron chi connectivity index (χ0n) is 12.8. The normalized spacial score (nSPS) is 13.8. The quantitative estimate of drug-likeness (QED) is 0.756. The molecule has 0 aromatic carbocycles. The third-order valence-electron chi connectivity index (χ3n) is 3.07. The van der Waals surface area contributed by atoms with Crippen molar-refractivity contribution in [1.82, 2.24) is 14.3 Å². The van der Waals surface area contributed by atoms with Crippen molar-refractivity contribution >= 4 is 16.0 Å². The zero-order chi connectivity index (χ0) is 16.2. The Morgan fingerprint density at radius 1 is 1.38 bits per heavy atom. The molecule has 2 N–H and O–H groups in total. The number of nitrogens with one attached hydrogen (secondary N) is 1. The molecule has 1 rings (SSSR count). The minimum Gasteiger partial charge on any atom is -0.481 e. The number of sulfonamides is 1. The van der Waals surface area contributed by atoms with Crippen molar-refractivity contribution in [3.63, 3.8) is 0 Å². The number of imidazole rings is 1. The lowest BCUT2D eigenvalue weighted by Gasteiger charge is -2.15. The molecule has 0 aliphatic heterocycles. The largest absolute Gasteiger partial charge is 0.481 e. The summed E-state index contributed by atoms with van der Waals surface area (Å²) in [6.07, 6.45) is 3.30. The van der Waals surface area contributed by atoms with Gasteiger partial charge in [-0.25, -0.2) is 18.1 Å². The molecule has 0 aliphatic carbocycles. The topological polar surface area (TPSA) is 101 Å². The van der Waals surface area contributed by atoms with Crippen LogP contribution in [0.1, 0.15) is 40.2 Å². The fourth-order valence-corrected chi connectivity index (χ4v) is 2.88. The molecular formula is C13H23N3O4S. The van der Waals surface area contributed by atoms with Gasteiger partial charge in [-0.05, 0) is 26.2 Å². The third kappa shape index (κ3) is 5.13. The van der Waals surface area contributed by atoms with Gasteiger partial charge in [0.05, 0.1) is 12.2 Å². The second-order valence-corrected chi connectivity index (χ2v) is 7.48. The molecule has 1 aromatic heterocycles. The molecule has 0 aliphatic rings. The highest BCUT2D eigenvalue weighted by atomic mass is 32.2. The van der Waals surface area contributed by atoms with Crippen LogP contribution in [0.3, 0.4) is 0 Å². The maximum Gasteiger partial charge on any atom is 0.307 e. The van der Waals surface area contributed by atoms with Crippen molar-refractivity contribution < 1.29 is 18.3 Å². The van der Waals surface area contributed by atoms with Gasteiger partial charge >= 0.3 is 5.97 Å². The summed E-state index contributed by atoms with van der Waals surface area (Å²) >= 11 is 0. The summed E-state index contributed by atoms with van der Waals surface area (Å²) in [6, 6.07) is 0.106. The summed E-state index contributed by atoms with van der Waals surface area (Å²) in [5, 5.41) is 9.02. The van der Waals surface area contributed by atoms with Crippen LogP contribution in [-0.2, 0) is 14.8 Å². The Morgan fingerprint density at radius 3 is 2.43 bits per heavy atom. The van der Waals surface area contributed by atoms with Gasteiger partial charge in [0.2, 0.25) is 0 Å². The molecule has 1 aromatic rings. The van der Waals surface area contributed by atoms with Gasteiger partial charge in [-0.15, -0.1) is 0 Å². The van der Waals surface area contributed by atoms with E-state index in [0.717, 1.165) is 0 Å². The Labute approximate surface area is 125 Å². The molecule has 0 amide bonds. The second-order valence-electron chi connectivity index (χ2n) is 5.77. The van der Waals surface area contributed by atoms with E-state index in [1.807, 2.05) is 27.7 Å². The molecule has 0 spiro atoms. The van der Waals surface area contributed by atoms with Crippen LogP contribution in [0.4, 0.5) is 0 Å². The van der Waals surface area contributed by atoms with Gasteiger partial charge in [0.25, 0.3) is 10.0 Å². The molecule has 8 heteroatoms. The number of nitrogens with zero attached hydrogens (tertiary/aromatic N) is 2. The predicted molar refractivity (Wildman–Crippen MR) is 78.4 cm³/mol. The van der Waals surface area contributed by atoms with Crippen molar-refractivity contribution in [1.29, 1.82) is 0 Å².